The van der Waals surface area contributed by atoms with Crippen LogP contribution < -0.4 is 10.8 Å². The predicted octanol–water partition coefficient (Wildman–Crippen LogP) is 1.39. The first kappa shape index (κ1) is 7.86. The Morgan fingerprint density at radius 1 is 1.23 bits per heavy atom. The van der Waals surface area contributed by atoms with E-state index in [4.69, 9.17) is 5.73 Å². The van der Waals surface area contributed by atoms with E-state index < -0.39 is 0 Å². The lowest BCUT2D eigenvalue weighted by molar-refractivity contribution is -0.437. The number of nitrogens with one attached hydrogen (secondary N) is 2. The molecule has 2 aromatic rings. The Morgan fingerprint density at radius 3 is 2.46 bits per heavy atom. The molecule has 0 aliphatic carbocycles. The minimum atomic E-state index is 0.784. The summed E-state index contributed by atoms with van der Waals surface area (Å²) >= 11 is 0. The van der Waals surface area contributed by atoms with E-state index in [1.54, 1.807) is 0 Å². The zero-order valence-corrected chi connectivity index (χ0v) is 7.46. The van der Waals surface area contributed by atoms with Crippen LogP contribution in [0.1, 0.15) is 5.69 Å². The second-order valence-corrected chi connectivity index (χ2v) is 3.03. The summed E-state index contributed by atoms with van der Waals surface area (Å²) in [6.45, 7) is 1.94. The summed E-state index contributed by atoms with van der Waals surface area (Å²) in [6, 6.07) is 10.0. The Hall–Kier alpha value is -1.77. The molecule has 13 heavy (non-hydrogen) atoms. The Bertz CT molecular complexity index is 403. The Kier molecular flexibility index (Phi) is 1.77. The first-order valence-corrected chi connectivity index (χ1v) is 4.20. The maximum atomic E-state index is 5.87. The lowest BCUT2D eigenvalue weighted by atomic mass is 10.1. The zero-order valence-electron chi connectivity index (χ0n) is 7.46. The highest BCUT2D eigenvalue weighted by atomic mass is 15.1. The standard InChI is InChI=1S/C10H11N3/c1-7-9(11)10(13-12-7)8-5-3-2-4-6-8/h2-6H,11H2,1H3,(H,12,13)/p+1. The van der Waals surface area contributed by atoms with E-state index in [0.29, 0.717) is 0 Å². The molecule has 0 saturated heterocycles. The van der Waals surface area contributed by atoms with Crippen molar-refractivity contribution < 1.29 is 5.10 Å². The number of aromatic nitrogens is 2. The molecule has 1 aromatic heterocycles. The van der Waals surface area contributed by atoms with Crippen molar-refractivity contribution in [3.05, 3.63) is 36.0 Å². The van der Waals surface area contributed by atoms with Crippen LogP contribution in [0.3, 0.4) is 0 Å². The number of rotatable bonds is 1. The van der Waals surface area contributed by atoms with Crippen LogP contribution in [0.5, 0.6) is 0 Å². The molecule has 0 radical (unpaired) electrons. The highest BCUT2D eigenvalue weighted by molar-refractivity contribution is 5.70. The van der Waals surface area contributed by atoms with Crippen LogP contribution >= 0.6 is 0 Å². The molecule has 0 saturated carbocycles. The van der Waals surface area contributed by atoms with Crippen LogP contribution in [-0.4, -0.2) is 5.10 Å². The molecule has 0 aliphatic rings. The van der Waals surface area contributed by atoms with Crippen molar-refractivity contribution in [3.8, 4) is 11.3 Å². The Morgan fingerprint density at radius 2 is 1.92 bits per heavy atom. The highest BCUT2D eigenvalue weighted by Gasteiger charge is 2.14. The lowest BCUT2D eigenvalue weighted by Crippen LogP contribution is -2.05. The number of hydrogen-bond acceptors (Lipinski definition) is 1. The van der Waals surface area contributed by atoms with Crippen molar-refractivity contribution in [1.29, 1.82) is 0 Å². The number of benzene rings is 1. The van der Waals surface area contributed by atoms with Crippen molar-refractivity contribution in [1.82, 2.24) is 5.10 Å². The lowest BCUT2D eigenvalue weighted by Gasteiger charge is -1.91. The molecular formula is C10H12N3+. The van der Waals surface area contributed by atoms with E-state index in [1.165, 1.54) is 0 Å². The van der Waals surface area contributed by atoms with Gasteiger partial charge in [0, 0.05) is 0 Å². The summed E-state index contributed by atoms with van der Waals surface area (Å²) in [6.07, 6.45) is 0. The van der Waals surface area contributed by atoms with Gasteiger partial charge in [-0.05, 0) is 19.1 Å². The van der Waals surface area contributed by atoms with Crippen molar-refractivity contribution in [2.24, 2.45) is 0 Å². The summed E-state index contributed by atoms with van der Waals surface area (Å²) in [4.78, 5) is 0. The van der Waals surface area contributed by atoms with Crippen LogP contribution in [-0.2, 0) is 0 Å². The quantitative estimate of drug-likeness (QED) is 0.674. The van der Waals surface area contributed by atoms with E-state index in [-0.39, 0.29) is 0 Å². The summed E-state index contributed by atoms with van der Waals surface area (Å²) in [7, 11) is 0. The molecule has 1 aromatic carbocycles. The van der Waals surface area contributed by atoms with Gasteiger partial charge in [-0.1, -0.05) is 18.2 Å². The van der Waals surface area contributed by atoms with Gasteiger partial charge >= 0.3 is 0 Å². The van der Waals surface area contributed by atoms with Crippen LogP contribution in [0, 0.1) is 6.92 Å². The molecule has 3 nitrogen and oxygen atoms in total. The van der Waals surface area contributed by atoms with Crippen molar-refractivity contribution in [2.45, 2.75) is 6.92 Å². The van der Waals surface area contributed by atoms with Gasteiger partial charge in [-0.3, -0.25) is 0 Å². The number of anilines is 1. The molecular weight excluding hydrogens is 162 g/mol. The van der Waals surface area contributed by atoms with Gasteiger partial charge in [-0.15, -0.1) is 5.10 Å². The van der Waals surface area contributed by atoms with E-state index >= 15 is 0 Å². The number of aromatic amines is 2. The second-order valence-electron chi connectivity index (χ2n) is 3.03. The van der Waals surface area contributed by atoms with Crippen molar-refractivity contribution in [3.63, 3.8) is 0 Å². The first-order chi connectivity index (χ1) is 6.29. The third-order valence-electron chi connectivity index (χ3n) is 2.11. The molecule has 0 amide bonds. The monoisotopic (exact) mass is 174 g/mol. The first-order valence-electron chi connectivity index (χ1n) is 4.20. The van der Waals surface area contributed by atoms with Gasteiger partial charge < -0.3 is 5.73 Å². The third kappa shape index (κ3) is 1.28. The average Bonchev–Trinajstić information content (AvgIpc) is 2.49. The van der Waals surface area contributed by atoms with Gasteiger partial charge in [0.25, 0.3) is 5.69 Å². The van der Waals surface area contributed by atoms with Crippen LogP contribution in [0.2, 0.25) is 0 Å². The molecule has 1 heterocycles. The van der Waals surface area contributed by atoms with Crippen LogP contribution in [0.4, 0.5) is 5.69 Å². The molecule has 66 valence electrons. The molecule has 0 atom stereocenters. The fraction of sp³-hybridized carbons (Fsp3) is 0.100. The average molecular weight is 174 g/mol. The fourth-order valence-electron chi connectivity index (χ4n) is 1.31. The van der Waals surface area contributed by atoms with Gasteiger partial charge in [0.2, 0.25) is 0 Å². The minimum absolute atomic E-state index is 0.784. The van der Waals surface area contributed by atoms with Gasteiger partial charge in [0.05, 0.1) is 11.3 Å². The maximum absolute atomic E-state index is 5.87. The SMILES string of the molecule is Cc1[nH][nH+]c(-c2ccccc2)c1N. The number of hydrogen-bond donors (Lipinski definition) is 2. The van der Waals surface area contributed by atoms with Gasteiger partial charge in [-0.25, -0.2) is 0 Å². The second kappa shape index (κ2) is 2.94. The smallest absolute Gasteiger partial charge is 0.258 e. The molecule has 0 spiro atoms. The van der Waals surface area contributed by atoms with Gasteiger partial charge in [-0.2, -0.15) is 5.10 Å². The molecule has 0 fully saturated rings. The third-order valence-corrected chi connectivity index (χ3v) is 2.11. The van der Waals surface area contributed by atoms with E-state index in [0.717, 1.165) is 22.6 Å². The number of nitrogen functional groups attached to an aromatic ring is 1. The Balaban J connectivity index is 2.53. The van der Waals surface area contributed by atoms with Gasteiger partial charge in [0.1, 0.15) is 5.69 Å². The van der Waals surface area contributed by atoms with E-state index in [2.05, 4.69) is 10.2 Å². The molecule has 3 heteroatoms. The summed E-state index contributed by atoms with van der Waals surface area (Å²) in [5.41, 5.74) is 9.68. The number of H-pyrrole nitrogens is 2. The zero-order chi connectivity index (χ0) is 9.26. The van der Waals surface area contributed by atoms with E-state index in [9.17, 15) is 0 Å². The molecule has 0 unspecified atom stereocenters. The van der Waals surface area contributed by atoms with Crippen LogP contribution in [0.15, 0.2) is 30.3 Å². The topological polar surface area (TPSA) is 56.0 Å². The van der Waals surface area contributed by atoms with E-state index in [1.807, 2.05) is 37.3 Å². The normalized spacial score (nSPS) is 10.2. The minimum Gasteiger partial charge on any atom is -0.392 e. The van der Waals surface area contributed by atoms with Crippen molar-refractivity contribution >= 4 is 5.69 Å². The largest absolute Gasteiger partial charge is 0.392 e. The number of aryl methyl sites for hydroxylation is 1. The predicted molar refractivity (Wildman–Crippen MR) is 51.9 cm³/mol. The van der Waals surface area contributed by atoms with Crippen LogP contribution in [0.25, 0.3) is 11.3 Å². The summed E-state index contributed by atoms with van der Waals surface area (Å²) < 4.78 is 0. The maximum Gasteiger partial charge on any atom is 0.258 e. The fourth-order valence-corrected chi connectivity index (χ4v) is 1.31. The summed E-state index contributed by atoms with van der Waals surface area (Å²) in [5.74, 6) is 0. The summed E-state index contributed by atoms with van der Waals surface area (Å²) in [5, 5.41) is 6.03. The molecule has 0 aliphatic heterocycles. The molecule has 0 bridgehead atoms. The number of nitrogens with two attached hydrogens (primary N) is 1. The highest BCUT2D eigenvalue weighted by Crippen LogP contribution is 2.21. The molecule has 4 N–H and O–H groups in total. The Labute approximate surface area is 76.6 Å². The van der Waals surface area contributed by atoms with Crippen molar-refractivity contribution in [2.75, 3.05) is 5.73 Å². The molecule has 2 rings (SSSR count). The van der Waals surface area contributed by atoms with Gasteiger partial charge in [0.15, 0.2) is 0 Å².